The fraction of sp³-hybridized carbons (Fsp3) is 0.800. The molecule has 2 fully saturated rings. The largest absolute Gasteiger partial charge is 0.385 e. The van der Waals surface area contributed by atoms with Gasteiger partial charge in [-0.15, -0.1) is 0 Å². The van der Waals surface area contributed by atoms with Gasteiger partial charge >= 0.3 is 0 Å². The molecule has 1 saturated heterocycles. The first kappa shape index (κ1) is 8.27. The Balaban J connectivity index is 2.10. The number of fused-ring (bicyclic) bond motifs is 1. The van der Waals surface area contributed by atoms with Crippen LogP contribution in [0.25, 0.3) is 0 Å². The number of hydrogen-bond acceptors (Lipinski definition) is 2. The summed E-state index contributed by atoms with van der Waals surface area (Å²) >= 11 is 0. The van der Waals surface area contributed by atoms with Crippen molar-refractivity contribution in [1.29, 1.82) is 0 Å². The highest BCUT2D eigenvalue weighted by atomic mass is 16.6. The molecule has 0 amide bonds. The first-order valence-corrected chi connectivity index (χ1v) is 4.52. The molecule has 1 saturated carbocycles. The number of rotatable bonds is 1. The van der Waals surface area contributed by atoms with E-state index >= 15 is 0 Å². The summed E-state index contributed by atoms with van der Waals surface area (Å²) < 4.78 is 5.51. The molecule has 2 aliphatic rings. The zero-order valence-corrected chi connectivity index (χ0v) is 7.76. The smallest absolute Gasteiger partial charge is 0.0922 e. The minimum absolute atomic E-state index is 0.0850. The molecule has 68 valence electrons. The molecule has 0 aromatic heterocycles. The van der Waals surface area contributed by atoms with E-state index in [1.165, 1.54) is 0 Å². The van der Waals surface area contributed by atoms with E-state index < -0.39 is 5.60 Å². The van der Waals surface area contributed by atoms with Crippen molar-refractivity contribution < 1.29 is 9.84 Å². The van der Waals surface area contributed by atoms with Crippen molar-refractivity contribution in [2.75, 3.05) is 0 Å². The minimum Gasteiger partial charge on any atom is -0.385 e. The zero-order chi connectivity index (χ0) is 8.98. The lowest BCUT2D eigenvalue weighted by molar-refractivity contribution is 0.0422. The predicted octanol–water partition coefficient (Wildman–Crippen LogP) is 1.64. The number of aliphatic hydroxyl groups is 1. The second-order valence-electron chi connectivity index (χ2n) is 4.44. The van der Waals surface area contributed by atoms with Crippen molar-refractivity contribution in [3.63, 3.8) is 0 Å². The third-order valence-electron chi connectivity index (χ3n) is 3.39. The summed E-state index contributed by atoms with van der Waals surface area (Å²) in [5, 5.41) is 10.1. The van der Waals surface area contributed by atoms with Gasteiger partial charge in [0, 0.05) is 6.42 Å². The van der Waals surface area contributed by atoms with Crippen molar-refractivity contribution in [3.8, 4) is 0 Å². The number of epoxide rings is 1. The molecule has 1 heterocycles. The SMILES string of the molecule is C=C(C)[C@]1(O)CCC2(C)OC2C1. The fourth-order valence-corrected chi connectivity index (χ4v) is 2.02. The van der Waals surface area contributed by atoms with E-state index in [-0.39, 0.29) is 11.7 Å². The van der Waals surface area contributed by atoms with Crippen molar-refractivity contribution in [2.45, 2.75) is 50.4 Å². The Morgan fingerprint density at radius 3 is 2.75 bits per heavy atom. The summed E-state index contributed by atoms with van der Waals surface area (Å²) in [6.45, 7) is 7.84. The molecule has 1 N–H and O–H groups in total. The number of hydrogen-bond donors (Lipinski definition) is 1. The van der Waals surface area contributed by atoms with Gasteiger partial charge in [0.2, 0.25) is 0 Å². The highest BCUT2D eigenvalue weighted by molar-refractivity contribution is 5.18. The average molecular weight is 168 g/mol. The Bertz CT molecular complexity index is 236. The third kappa shape index (κ3) is 1.02. The molecule has 3 atom stereocenters. The maximum Gasteiger partial charge on any atom is 0.0922 e. The van der Waals surface area contributed by atoms with Crippen LogP contribution in [-0.2, 0) is 4.74 Å². The van der Waals surface area contributed by atoms with Gasteiger partial charge in [-0.05, 0) is 32.3 Å². The highest BCUT2D eigenvalue weighted by Crippen LogP contribution is 2.51. The average Bonchev–Trinajstić information content (AvgIpc) is 2.60. The molecule has 0 radical (unpaired) electrons. The molecule has 0 aromatic carbocycles. The molecule has 0 aromatic rings. The molecule has 12 heavy (non-hydrogen) atoms. The Hall–Kier alpha value is -0.340. The van der Waals surface area contributed by atoms with E-state index in [0.717, 1.165) is 24.8 Å². The van der Waals surface area contributed by atoms with Crippen LogP contribution >= 0.6 is 0 Å². The molecule has 0 spiro atoms. The Kier molecular flexibility index (Phi) is 1.46. The van der Waals surface area contributed by atoms with E-state index in [1.807, 2.05) is 6.92 Å². The molecule has 2 unspecified atom stereocenters. The summed E-state index contributed by atoms with van der Waals surface area (Å²) in [6, 6.07) is 0. The van der Waals surface area contributed by atoms with Gasteiger partial charge in [0.15, 0.2) is 0 Å². The van der Waals surface area contributed by atoms with Crippen LogP contribution in [0.5, 0.6) is 0 Å². The summed E-state index contributed by atoms with van der Waals surface area (Å²) in [6.07, 6.45) is 2.77. The number of ether oxygens (including phenoxy) is 1. The topological polar surface area (TPSA) is 32.8 Å². The van der Waals surface area contributed by atoms with Gasteiger partial charge in [-0.1, -0.05) is 6.58 Å². The molecule has 1 aliphatic heterocycles. The predicted molar refractivity (Wildman–Crippen MR) is 46.9 cm³/mol. The molecule has 1 aliphatic carbocycles. The van der Waals surface area contributed by atoms with Crippen LogP contribution in [-0.4, -0.2) is 22.4 Å². The van der Waals surface area contributed by atoms with Gasteiger partial charge in [0.05, 0.1) is 17.3 Å². The van der Waals surface area contributed by atoms with Crippen molar-refractivity contribution >= 4 is 0 Å². The first-order chi connectivity index (χ1) is 5.46. The zero-order valence-electron chi connectivity index (χ0n) is 7.76. The Morgan fingerprint density at radius 1 is 1.58 bits per heavy atom. The lowest BCUT2D eigenvalue weighted by atomic mass is 9.76. The van der Waals surface area contributed by atoms with Gasteiger partial charge < -0.3 is 9.84 Å². The maximum atomic E-state index is 10.1. The molecule has 2 heteroatoms. The maximum absolute atomic E-state index is 10.1. The molecule has 0 bridgehead atoms. The van der Waals surface area contributed by atoms with E-state index in [0.29, 0.717) is 0 Å². The summed E-state index contributed by atoms with van der Waals surface area (Å²) in [4.78, 5) is 0. The van der Waals surface area contributed by atoms with Crippen LogP contribution in [0, 0.1) is 0 Å². The molecular weight excluding hydrogens is 152 g/mol. The lowest BCUT2D eigenvalue weighted by Gasteiger charge is -2.32. The second-order valence-corrected chi connectivity index (χ2v) is 4.44. The van der Waals surface area contributed by atoms with Gasteiger partial charge in [0.25, 0.3) is 0 Å². The van der Waals surface area contributed by atoms with Gasteiger partial charge in [-0.25, -0.2) is 0 Å². The molecular formula is C10H16O2. The third-order valence-corrected chi connectivity index (χ3v) is 3.39. The van der Waals surface area contributed by atoms with Crippen LogP contribution in [0.2, 0.25) is 0 Å². The van der Waals surface area contributed by atoms with Crippen molar-refractivity contribution in [3.05, 3.63) is 12.2 Å². The normalized spacial score (nSPS) is 51.4. The van der Waals surface area contributed by atoms with Gasteiger partial charge in [-0.3, -0.25) is 0 Å². The van der Waals surface area contributed by atoms with Crippen molar-refractivity contribution in [2.24, 2.45) is 0 Å². The summed E-state index contributed by atoms with van der Waals surface area (Å²) in [5.41, 5.74) is 0.308. The fourth-order valence-electron chi connectivity index (χ4n) is 2.02. The van der Waals surface area contributed by atoms with Crippen molar-refractivity contribution in [1.82, 2.24) is 0 Å². The Morgan fingerprint density at radius 2 is 2.25 bits per heavy atom. The minimum atomic E-state index is -0.652. The second kappa shape index (κ2) is 2.12. The van der Waals surface area contributed by atoms with E-state index in [9.17, 15) is 5.11 Å². The van der Waals surface area contributed by atoms with Crippen LogP contribution in [0.1, 0.15) is 33.1 Å². The van der Waals surface area contributed by atoms with Crippen LogP contribution in [0.15, 0.2) is 12.2 Å². The monoisotopic (exact) mass is 168 g/mol. The van der Waals surface area contributed by atoms with Crippen LogP contribution < -0.4 is 0 Å². The highest BCUT2D eigenvalue weighted by Gasteiger charge is 2.59. The standard InChI is InChI=1S/C10H16O2/c1-7(2)10(11)5-4-9(3)8(6-10)12-9/h8,11H,1,4-6H2,2-3H3/t8?,9?,10-/m0/s1. The Labute approximate surface area is 73.2 Å². The first-order valence-electron chi connectivity index (χ1n) is 4.52. The summed E-state index contributed by atoms with van der Waals surface area (Å²) in [7, 11) is 0. The van der Waals surface area contributed by atoms with Gasteiger partial charge in [0.1, 0.15) is 0 Å². The molecule has 2 rings (SSSR count). The molecule has 2 nitrogen and oxygen atoms in total. The van der Waals surface area contributed by atoms with E-state index in [1.54, 1.807) is 0 Å². The summed E-state index contributed by atoms with van der Waals surface area (Å²) in [5.74, 6) is 0. The van der Waals surface area contributed by atoms with E-state index in [2.05, 4.69) is 13.5 Å². The van der Waals surface area contributed by atoms with Crippen LogP contribution in [0.3, 0.4) is 0 Å². The van der Waals surface area contributed by atoms with Gasteiger partial charge in [-0.2, -0.15) is 0 Å². The van der Waals surface area contributed by atoms with Crippen LogP contribution in [0.4, 0.5) is 0 Å². The lowest BCUT2D eigenvalue weighted by Crippen LogP contribution is -2.38. The quantitative estimate of drug-likeness (QED) is 0.477. The van der Waals surface area contributed by atoms with E-state index in [4.69, 9.17) is 4.74 Å².